The van der Waals surface area contributed by atoms with Crippen molar-refractivity contribution in [2.24, 2.45) is 0 Å². The molecule has 0 saturated heterocycles. The normalized spacial score (nSPS) is 13.0. The third-order valence-corrected chi connectivity index (χ3v) is 2.63. The highest BCUT2D eigenvalue weighted by Crippen LogP contribution is 2.38. The van der Waals surface area contributed by atoms with Crippen molar-refractivity contribution in [3.8, 4) is 0 Å². The molecule has 0 atom stereocenters. The molecular weight excluding hydrogens is 328 g/mol. The average molecular weight is 343 g/mol. The number of carbonyl (C=O) groups is 1. The molecule has 0 saturated carbocycles. The Kier molecular flexibility index (Phi) is 4.93. The predicted molar refractivity (Wildman–Crippen MR) is 71.1 cm³/mol. The molecule has 0 spiro atoms. The Morgan fingerprint density at radius 1 is 0.913 bits per heavy atom. The van der Waals surface area contributed by atoms with E-state index in [1.54, 1.807) is 0 Å². The first-order valence-corrected chi connectivity index (χ1v) is 6.37. The van der Waals surface area contributed by atoms with E-state index in [1.165, 1.54) is 20.8 Å². The van der Waals surface area contributed by atoms with E-state index < -0.39 is 40.9 Å². The molecule has 0 bridgehead atoms. The lowest BCUT2D eigenvalue weighted by molar-refractivity contribution is -0.143. The summed E-state index contributed by atoms with van der Waals surface area (Å²) in [5, 5.41) is 0. The highest BCUT2D eigenvalue weighted by atomic mass is 19.4. The fraction of sp³-hybridized carbons (Fsp3) is 0.500. The van der Waals surface area contributed by atoms with Gasteiger partial charge in [-0.15, -0.1) is 0 Å². The van der Waals surface area contributed by atoms with E-state index in [2.05, 4.69) is 0 Å². The third-order valence-electron chi connectivity index (χ3n) is 2.63. The van der Waals surface area contributed by atoms with Crippen molar-refractivity contribution < 1.29 is 35.9 Å². The van der Waals surface area contributed by atoms with Crippen LogP contribution in [-0.2, 0) is 17.1 Å². The Morgan fingerprint density at radius 2 is 1.30 bits per heavy atom. The van der Waals surface area contributed by atoms with Gasteiger partial charge in [-0.25, -0.2) is 4.79 Å². The van der Waals surface area contributed by atoms with Gasteiger partial charge in [-0.05, 0) is 39.0 Å². The van der Waals surface area contributed by atoms with Gasteiger partial charge < -0.3 is 4.74 Å². The second-order valence-corrected chi connectivity index (χ2v) is 5.80. The molecule has 9 heteroatoms. The Bertz CT molecular complexity index is 554. The Labute approximate surface area is 128 Å². The van der Waals surface area contributed by atoms with Gasteiger partial charge in [0.1, 0.15) is 5.60 Å². The summed E-state index contributed by atoms with van der Waals surface area (Å²) in [5.74, 6) is 0. The monoisotopic (exact) mass is 343 g/mol. The number of hydrogen-bond donors (Lipinski definition) is 0. The Hall–Kier alpha value is -1.93. The van der Waals surface area contributed by atoms with E-state index in [-0.39, 0.29) is 6.07 Å². The molecule has 3 nitrogen and oxygen atoms in total. The fourth-order valence-corrected chi connectivity index (χ4v) is 1.57. The minimum atomic E-state index is -4.98. The highest BCUT2D eigenvalue weighted by molar-refractivity contribution is 5.87. The number of carbonyl (C=O) groups excluding carboxylic acids is 1. The van der Waals surface area contributed by atoms with Gasteiger partial charge in [0.25, 0.3) is 0 Å². The van der Waals surface area contributed by atoms with Gasteiger partial charge in [0.2, 0.25) is 0 Å². The van der Waals surface area contributed by atoms with Gasteiger partial charge in [0, 0.05) is 12.7 Å². The van der Waals surface area contributed by atoms with Gasteiger partial charge in [0.15, 0.2) is 0 Å². The number of benzene rings is 1. The number of ether oxygens (including phenoxy) is 1. The molecule has 0 aliphatic rings. The second-order valence-electron chi connectivity index (χ2n) is 5.80. The minimum absolute atomic E-state index is 0.00751. The van der Waals surface area contributed by atoms with Crippen molar-refractivity contribution >= 4 is 11.8 Å². The van der Waals surface area contributed by atoms with E-state index in [1.807, 2.05) is 0 Å². The molecule has 0 unspecified atom stereocenters. The van der Waals surface area contributed by atoms with Gasteiger partial charge in [-0.1, -0.05) is 0 Å². The molecule has 0 aliphatic heterocycles. The van der Waals surface area contributed by atoms with Gasteiger partial charge in [-0.2, -0.15) is 26.3 Å². The quantitative estimate of drug-likeness (QED) is 0.664. The molecule has 0 fully saturated rings. The molecule has 0 N–H and O–H groups in total. The zero-order chi connectivity index (χ0) is 18.2. The molecule has 23 heavy (non-hydrogen) atoms. The first-order valence-electron chi connectivity index (χ1n) is 6.37. The summed E-state index contributed by atoms with van der Waals surface area (Å²) in [7, 11) is 1.03. The number of nitrogens with zero attached hydrogens (tertiary/aromatic N) is 1. The first-order chi connectivity index (χ1) is 10.1. The summed E-state index contributed by atoms with van der Waals surface area (Å²) in [6.45, 7) is 4.56. The SMILES string of the molecule is CN(C(=O)OC(C)(C)C)c1cc(C(F)(F)F)cc(C(F)(F)F)c1. The number of alkyl halides is 6. The maximum absolute atomic E-state index is 12.8. The Morgan fingerprint density at radius 3 is 1.61 bits per heavy atom. The number of hydrogen-bond acceptors (Lipinski definition) is 2. The summed E-state index contributed by atoms with van der Waals surface area (Å²) in [4.78, 5) is 12.4. The van der Waals surface area contributed by atoms with Crippen LogP contribution >= 0.6 is 0 Å². The lowest BCUT2D eigenvalue weighted by Gasteiger charge is -2.25. The van der Waals surface area contributed by atoms with Crippen LogP contribution in [0.1, 0.15) is 31.9 Å². The molecule has 0 aliphatic carbocycles. The lowest BCUT2D eigenvalue weighted by atomic mass is 10.1. The van der Waals surface area contributed by atoms with Crippen LogP contribution in [0, 0.1) is 0 Å². The van der Waals surface area contributed by atoms with Crippen molar-refractivity contribution in [1.82, 2.24) is 0 Å². The zero-order valence-corrected chi connectivity index (χ0v) is 12.8. The molecule has 1 aromatic carbocycles. The molecule has 130 valence electrons. The zero-order valence-electron chi connectivity index (χ0n) is 12.8. The molecule has 1 amide bonds. The van der Waals surface area contributed by atoms with Crippen molar-refractivity contribution in [3.63, 3.8) is 0 Å². The van der Waals surface area contributed by atoms with Crippen LogP contribution in [0.5, 0.6) is 0 Å². The maximum atomic E-state index is 12.8. The predicted octanol–water partition coefficient (Wildman–Crippen LogP) is 5.10. The number of rotatable bonds is 1. The molecule has 0 radical (unpaired) electrons. The summed E-state index contributed by atoms with van der Waals surface area (Å²) >= 11 is 0. The van der Waals surface area contributed by atoms with Crippen LogP contribution in [0.3, 0.4) is 0 Å². The summed E-state index contributed by atoms with van der Waals surface area (Å²) in [6.07, 6.45) is -11.0. The fourth-order valence-electron chi connectivity index (χ4n) is 1.57. The molecule has 1 aromatic rings. The minimum Gasteiger partial charge on any atom is -0.443 e. The van der Waals surface area contributed by atoms with Crippen molar-refractivity contribution in [3.05, 3.63) is 29.3 Å². The van der Waals surface area contributed by atoms with Gasteiger partial charge in [-0.3, -0.25) is 4.90 Å². The van der Waals surface area contributed by atoms with E-state index in [0.29, 0.717) is 17.0 Å². The van der Waals surface area contributed by atoms with E-state index in [4.69, 9.17) is 4.74 Å². The average Bonchev–Trinajstić information content (AvgIpc) is 2.33. The maximum Gasteiger partial charge on any atom is 0.416 e. The molecular formula is C14H15F6NO2. The van der Waals surface area contributed by atoms with Gasteiger partial charge >= 0.3 is 18.4 Å². The number of amides is 1. The topological polar surface area (TPSA) is 29.5 Å². The van der Waals surface area contributed by atoms with E-state index in [9.17, 15) is 31.1 Å². The number of anilines is 1. The first kappa shape index (κ1) is 19.1. The molecule has 1 rings (SSSR count). The summed E-state index contributed by atoms with van der Waals surface area (Å²) in [6, 6.07) is 0.907. The van der Waals surface area contributed by atoms with E-state index >= 15 is 0 Å². The third kappa shape index (κ3) is 5.33. The van der Waals surface area contributed by atoms with Crippen LogP contribution in [0.25, 0.3) is 0 Å². The van der Waals surface area contributed by atoms with Crippen LogP contribution in [0.15, 0.2) is 18.2 Å². The van der Waals surface area contributed by atoms with Crippen molar-refractivity contribution in [1.29, 1.82) is 0 Å². The van der Waals surface area contributed by atoms with Crippen LogP contribution < -0.4 is 4.90 Å². The molecule has 0 heterocycles. The highest BCUT2D eigenvalue weighted by Gasteiger charge is 2.37. The summed E-state index contributed by atoms with van der Waals surface area (Å²) in [5.41, 5.74) is -4.52. The lowest BCUT2D eigenvalue weighted by Crippen LogP contribution is -2.34. The molecule has 0 aromatic heterocycles. The van der Waals surface area contributed by atoms with Gasteiger partial charge in [0.05, 0.1) is 11.1 Å². The second kappa shape index (κ2) is 5.93. The van der Waals surface area contributed by atoms with E-state index in [0.717, 1.165) is 7.05 Å². The smallest absolute Gasteiger partial charge is 0.416 e. The number of halogens is 6. The van der Waals surface area contributed by atoms with Crippen molar-refractivity contribution in [2.75, 3.05) is 11.9 Å². The largest absolute Gasteiger partial charge is 0.443 e. The summed E-state index contributed by atoms with van der Waals surface area (Å²) < 4.78 is 81.5. The van der Waals surface area contributed by atoms with Crippen LogP contribution in [0.4, 0.5) is 36.8 Å². The van der Waals surface area contributed by atoms with Crippen LogP contribution in [-0.4, -0.2) is 18.7 Å². The van der Waals surface area contributed by atoms with Crippen LogP contribution in [0.2, 0.25) is 0 Å². The van der Waals surface area contributed by atoms with Crippen molar-refractivity contribution in [2.45, 2.75) is 38.7 Å². The standard InChI is InChI=1S/C14H15F6NO2/c1-12(2,3)23-11(22)21(4)10-6-8(13(15,16)17)5-9(7-10)14(18,19)20/h5-7H,1-4H3. The Balaban J connectivity index is 3.32.